The Balaban J connectivity index is 1.32. The van der Waals surface area contributed by atoms with Crippen LogP contribution in [0.5, 0.6) is 0 Å². The first-order valence-electron chi connectivity index (χ1n) is 11.5. The molecule has 1 aliphatic rings. The van der Waals surface area contributed by atoms with Crippen molar-refractivity contribution in [3.63, 3.8) is 0 Å². The Bertz CT molecular complexity index is 1750. The lowest BCUT2D eigenvalue weighted by molar-refractivity contribution is 0.514. The summed E-state index contributed by atoms with van der Waals surface area (Å²) in [5, 5.41) is 8.47. The maximum Gasteiger partial charge on any atom is 0.159 e. The van der Waals surface area contributed by atoms with Crippen molar-refractivity contribution in [2.24, 2.45) is 5.73 Å². The van der Waals surface area contributed by atoms with Gasteiger partial charge in [0.2, 0.25) is 0 Å². The summed E-state index contributed by atoms with van der Waals surface area (Å²) >= 11 is 0. The summed E-state index contributed by atoms with van der Waals surface area (Å²) in [4.78, 5) is 23.8. The van der Waals surface area contributed by atoms with E-state index in [2.05, 4.69) is 30.0 Å². The lowest BCUT2D eigenvalue weighted by atomic mass is 10.1. The zero-order chi connectivity index (χ0) is 24.2. The molecule has 4 N–H and O–H groups in total. The van der Waals surface area contributed by atoms with Gasteiger partial charge in [-0.2, -0.15) is 5.10 Å². The summed E-state index contributed by atoms with van der Waals surface area (Å²) in [6.45, 7) is 1.55. The van der Waals surface area contributed by atoms with Crippen molar-refractivity contribution in [2.75, 3.05) is 18.0 Å². The molecule has 1 aliphatic heterocycles. The van der Waals surface area contributed by atoms with Crippen LogP contribution in [0.1, 0.15) is 0 Å². The Kier molecular flexibility index (Phi) is 4.55. The van der Waals surface area contributed by atoms with E-state index in [9.17, 15) is 4.39 Å². The fraction of sp³-hybridized carbons (Fsp3) is 0.115. The number of aromatic amines is 2. The summed E-state index contributed by atoms with van der Waals surface area (Å²) in [6.07, 6.45) is 5.15. The SMILES string of the molecule is NC1CN(c2cncc(-c3ccc4[nH]nc(-c5nc6c(-c7ccccc7F)nccc6[nH]5)c4c3)n2)C1. The maximum absolute atomic E-state index is 14.5. The molecule has 7 rings (SSSR count). The highest BCUT2D eigenvalue weighted by Gasteiger charge is 2.25. The number of nitrogens with zero attached hydrogens (tertiary/aromatic N) is 6. The minimum absolute atomic E-state index is 0.179. The van der Waals surface area contributed by atoms with Crippen molar-refractivity contribution in [3.05, 3.63) is 72.9 Å². The quantitative estimate of drug-likeness (QED) is 0.351. The van der Waals surface area contributed by atoms with Gasteiger partial charge in [-0.25, -0.2) is 14.4 Å². The molecular formula is C26H20FN9. The first-order valence-corrected chi connectivity index (χ1v) is 11.5. The van der Waals surface area contributed by atoms with Crippen LogP contribution in [0.2, 0.25) is 0 Å². The highest BCUT2D eigenvalue weighted by atomic mass is 19.1. The van der Waals surface area contributed by atoms with E-state index in [1.54, 1.807) is 36.8 Å². The zero-order valence-electron chi connectivity index (χ0n) is 19.0. The van der Waals surface area contributed by atoms with Gasteiger partial charge in [0.25, 0.3) is 0 Å². The standard InChI is InChI=1S/C26H20FN9/c27-18-4-2-1-3-16(18)23-25-20(7-8-30-23)32-26(33-25)24-17-9-14(5-6-19(17)34-35-24)21-10-29-11-22(31-21)36-12-15(28)13-36/h1-11,15H,12-13,28H2,(H,32,33)(H,34,35). The average molecular weight is 478 g/mol. The lowest BCUT2D eigenvalue weighted by Crippen LogP contribution is -2.56. The summed E-state index contributed by atoms with van der Waals surface area (Å²) in [6, 6.07) is 14.5. The number of halogens is 1. The van der Waals surface area contributed by atoms with Gasteiger partial charge < -0.3 is 15.6 Å². The predicted molar refractivity (Wildman–Crippen MR) is 136 cm³/mol. The number of hydrogen-bond acceptors (Lipinski definition) is 7. The molecule has 2 aromatic carbocycles. The topological polar surface area (TPSA) is 125 Å². The van der Waals surface area contributed by atoms with E-state index in [0.29, 0.717) is 28.3 Å². The number of pyridine rings is 1. The molecule has 0 aliphatic carbocycles. The molecule has 0 atom stereocenters. The summed E-state index contributed by atoms with van der Waals surface area (Å²) in [5.74, 6) is 1.03. The van der Waals surface area contributed by atoms with Gasteiger partial charge in [0, 0.05) is 41.8 Å². The monoisotopic (exact) mass is 477 g/mol. The van der Waals surface area contributed by atoms with Crippen molar-refractivity contribution in [1.29, 1.82) is 0 Å². The minimum atomic E-state index is -0.347. The fourth-order valence-electron chi connectivity index (χ4n) is 4.60. The molecule has 6 aromatic rings. The van der Waals surface area contributed by atoms with Gasteiger partial charge in [-0.05, 0) is 30.3 Å². The Morgan fingerprint density at radius 1 is 0.972 bits per heavy atom. The zero-order valence-corrected chi connectivity index (χ0v) is 19.0. The van der Waals surface area contributed by atoms with E-state index >= 15 is 0 Å². The number of anilines is 1. The lowest BCUT2D eigenvalue weighted by Gasteiger charge is -2.37. The van der Waals surface area contributed by atoms with Gasteiger partial charge in [0.05, 0.1) is 29.1 Å². The van der Waals surface area contributed by atoms with Gasteiger partial charge in [0.1, 0.15) is 28.5 Å². The molecule has 5 heterocycles. The number of nitrogens with two attached hydrogens (primary N) is 1. The van der Waals surface area contributed by atoms with E-state index < -0.39 is 0 Å². The van der Waals surface area contributed by atoms with Crippen LogP contribution in [0.15, 0.2) is 67.1 Å². The van der Waals surface area contributed by atoms with Gasteiger partial charge in [-0.15, -0.1) is 0 Å². The first-order chi connectivity index (χ1) is 17.6. The molecule has 1 fully saturated rings. The molecule has 0 amide bonds. The van der Waals surface area contributed by atoms with Crippen molar-refractivity contribution >= 4 is 27.8 Å². The Morgan fingerprint density at radius 3 is 2.72 bits per heavy atom. The Morgan fingerprint density at radius 2 is 1.86 bits per heavy atom. The smallest absolute Gasteiger partial charge is 0.159 e. The van der Waals surface area contributed by atoms with Crippen LogP contribution in [-0.4, -0.2) is 54.2 Å². The predicted octanol–water partition coefficient (Wildman–Crippen LogP) is 3.91. The number of aromatic nitrogens is 7. The van der Waals surface area contributed by atoms with E-state index in [-0.39, 0.29) is 11.9 Å². The molecule has 9 nitrogen and oxygen atoms in total. The van der Waals surface area contributed by atoms with Crippen molar-refractivity contribution in [2.45, 2.75) is 6.04 Å². The second kappa shape index (κ2) is 7.92. The molecular weight excluding hydrogens is 457 g/mol. The molecule has 0 radical (unpaired) electrons. The number of fused-ring (bicyclic) bond motifs is 2. The number of benzene rings is 2. The third-order valence-corrected chi connectivity index (χ3v) is 6.47. The maximum atomic E-state index is 14.5. The van der Waals surface area contributed by atoms with Gasteiger partial charge in [-0.1, -0.05) is 18.2 Å². The van der Waals surface area contributed by atoms with E-state index in [1.807, 2.05) is 24.3 Å². The van der Waals surface area contributed by atoms with E-state index in [0.717, 1.165) is 46.6 Å². The number of rotatable bonds is 4. The number of nitrogens with one attached hydrogen (secondary N) is 2. The largest absolute Gasteiger partial charge is 0.352 e. The number of hydrogen-bond donors (Lipinski definition) is 3. The number of imidazole rings is 1. The molecule has 0 unspecified atom stereocenters. The third-order valence-electron chi connectivity index (χ3n) is 6.47. The first kappa shape index (κ1) is 20.7. The van der Waals surface area contributed by atoms with Crippen LogP contribution in [0.3, 0.4) is 0 Å². The average Bonchev–Trinajstić information content (AvgIpc) is 3.51. The van der Waals surface area contributed by atoms with Crippen LogP contribution in [-0.2, 0) is 0 Å². The second-order valence-corrected chi connectivity index (χ2v) is 8.88. The normalized spacial score (nSPS) is 14.0. The van der Waals surface area contributed by atoms with Crippen LogP contribution in [0, 0.1) is 5.82 Å². The Hall–Kier alpha value is -4.70. The van der Waals surface area contributed by atoms with Crippen molar-refractivity contribution in [1.82, 2.24) is 35.1 Å². The van der Waals surface area contributed by atoms with Gasteiger partial charge >= 0.3 is 0 Å². The van der Waals surface area contributed by atoms with Crippen LogP contribution < -0.4 is 10.6 Å². The summed E-state index contributed by atoms with van der Waals surface area (Å²) < 4.78 is 14.5. The van der Waals surface area contributed by atoms with Gasteiger partial charge in [-0.3, -0.25) is 15.1 Å². The highest BCUT2D eigenvalue weighted by Crippen LogP contribution is 2.33. The summed E-state index contributed by atoms with van der Waals surface area (Å²) in [5.41, 5.74) is 11.3. The molecule has 4 aromatic heterocycles. The van der Waals surface area contributed by atoms with Crippen LogP contribution >= 0.6 is 0 Å². The molecule has 0 saturated carbocycles. The van der Waals surface area contributed by atoms with Gasteiger partial charge in [0.15, 0.2) is 5.82 Å². The van der Waals surface area contributed by atoms with Crippen LogP contribution in [0.4, 0.5) is 10.2 Å². The Labute approximate surface area is 204 Å². The van der Waals surface area contributed by atoms with E-state index in [1.165, 1.54) is 6.07 Å². The molecule has 1 saturated heterocycles. The summed E-state index contributed by atoms with van der Waals surface area (Å²) in [7, 11) is 0. The molecule has 0 bridgehead atoms. The minimum Gasteiger partial charge on any atom is -0.352 e. The molecule has 0 spiro atoms. The fourth-order valence-corrected chi connectivity index (χ4v) is 4.60. The van der Waals surface area contributed by atoms with Crippen molar-refractivity contribution in [3.8, 4) is 34.0 Å². The third kappa shape index (κ3) is 3.30. The second-order valence-electron chi connectivity index (χ2n) is 8.88. The van der Waals surface area contributed by atoms with Crippen molar-refractivity contribution < 1.29 is 4.39 Å². The van der Waals surface area contributed by atoms with Crippen LogP contribution in [0.25, 0.3) is 56.0 Å². The van der Waals surface area contributed by atoms with E-state index in [4.69, 9.17) is 15.7 Å². The number of H-pyrrole nitrogens is 2. The molecule has 10 heteroatoms. The molecule has 36 heavy (non-hydrogen) atoms. The molecule has 176 valence electrons. The highest BCUT2D eigenvalue weighted by molar-refractivity contribution is 5.97.